The molecule has 5 aromatic carbocycles. The van der Waals surface area contributed by atoms with Gasteiger partial charge in [-0.1, -0.05) is 122 Å². The van der Waals surface area contributed by atoms with E-state index in [-0.39, 0.29) is 27.1 Å². The molecule has 4 fully saturated rings. The number of hydrogen-bond acceptors (Lipinski definition) is 1. The summed E-state index contributed by atoms with van der Waals surface area (Å²) in [6.45, 7) is 19.8. The van der Waals surface area contributed by atoms with E-state index in [2.05, 4.69) is 163 Å². The Morgan fingerprint density at radius 3 is 1.66 bits per heavy atom. The minimum absolute atomic E-state index is 0.114. The first-order valence-electron chi connectivity index (χ1n) is 22.1. The van der Waals surface area contributed by atoms with Crippen molar-refractivity contribution < 1.29 is 0 Å². The van der Waals surface area contributed by atoms with Crippen LogP contribution in [0.2, 0.25) is 0 Å². The van der Waals surface area contributed by atoms with Crippen molar-refractivity contribution in [1.82, 2.24) is 0 Å². The highest BCUT2D eigenvalue weighted by molar-refractivity contribution is 5.97. The lowest BCUT2D eigenvalue weighted by molar-refractivity contribution is 0.191. The normalized spacial score (nSPS) is 28.8. The van der Waals surface area contributed by atoms with Gasteiger partial charge in [-0.2, -0.15) is 0 Å². The maximum Gasteiger partial charge on any atom is 0.0543 e. The van der Waals surface area contributed by atoms with Gasteiger partial charge in [-0.25, -0.2) is 0 Å². The van der Waals surface area contributed by atoms with Gasteiger partial charge < -0.3 is 4.90 Å². The molecule has 5 aromatic rings. The number of benzene rings is 5. The van der Waals surface area contributed by atoms with Crippen molar-refractivity contribution in [3.05, 3.63) is 137 Å². The molecule has 0 radical (unpaired) electrons. The summed E-state index contributed by atoms with van der Waals surface area (Å²) in [4.78, 5) is 2.71. The van der Waals surface area contributed by atoms with Crippen LogP contribution in [0, 0.1) is 23.7 Å². The molecule has 12 rings (SSSR count). The van der Waals surface area contributed by atoms with Crippen LogP contribution < -0.4 is 4.90 Å². The molecular formula is C55H61N. The summed E-state index contributed by atoms with van der Waals surface area (Å²) in [7, 11) is 0. The first-order chi connectivity index (χ1) is 26.7. The van der Waals surface area contributed by atoms with E-state index >= 15 is 0 Å². The van der Waals surface area contributed by atoms with Crippen LogP contribution in [-0.2, 0) is 27.1 Å². The largest absolute Gasteiger partial charge is 0.310 e. The summed E-state index contributed by atoms with van der Waals surface area (Å²) in [6, 6.07) is 41.4. The van der Waals surface area contributed by atoms with E-state index in [0.717, 1.165) is 23.7 Å². The first-order valence-corrected chi connectivity index (χ1v) is 22.1. The van der Waals surface area contributed by atoms with Gasteiger partial charge in [-0.3, -0.25) is 0 Å². The lowest BCUT2D eigenvalue weighted by Gasteiger charge is -2.44. The monoisotopic (exact) mass is 735 g/mol. The van der Waals surface area contributed by atoms with Gasteiger partial charge in [0.05, 0.1) is 5.69 Å². The summed E-state index contributed by atoms with van der Waals surface area (Å²) in [5.74, 6) is 3.27. The Morgan fingerprint density at radius 1 is 0.464 bits per heavy atom. The predicted molar refractivity (Wildman–Crippen MR) is 236 cm³/mol. The van der Waals surface area contributed by atoms with Crippen LogP contribution in [0.1, 0.15) is 140 Å². The Morgan fingerprint density at radius 2 is 1.05 bits per heavy atom. The highest BCUT2D eigenvalue weighted by Crippen LogP contribution is 2.74. The molecule has 4 bridgehead atoms. The predicted octanol–water partition coefficient (Wildman–Crippen LogP) is 14.9. The van der Waals surface area contributed by atoms with E-state index in [0.29, 0.717) is 0 Å². The Hall–Kier alpha value is -4.10. The van der Waals surface area contributed by atoms with Crippen LogP contribution in [0.3, 0.4) is 0 Å². The van der Waals surface area contributed by atoms with Crippen LogP contribution in [-0.4, -0.2) is 0 Å². The second kappa shape index (κ2) is 11.5. The maximum absolute atomic E-state index is 2.71. The molecule has 1 heteroatoms. The first kappa shape index (κ1) is 35.1. The van der Waals surface area contributed by atoms with E-state index in [9.17, 15) is 0 Å². The fourth-order valence-corrected chi connectivity index (χ4v) is 13.9. The maximum atomic E-state index is 2.71. The molecule has 286 valence electrons. The van der Waals surface area contributed by atoms with Gasteiger partial charge in [0.1, 0.15) is 0 Å². The minimum atomic E-state index is 0.114. The van der Waals surface area contributed by atoms with Crippen molar-refractivity contribution in [2.75, 3.05) is 4.90 Å². The number of fused-ring (bicyclic) bond motifs is 5. The molecule has 0 saturated heterocycles. The van der Waals surface area contributed by atoms with Crippen molar-refractivity contribution in [2.24, 2.45) is 23.7 Å². The van der Waals surface area contributed by atoms with Gasteiger partial charge in [0.2, 0.25) is 0 Å². The number of anilines is 3. The van der Waals surface area contributed by atoms with Gasteiger partial charge in [0.25, 0.3) is 0 Å². The molecule has 7 aliphatic carbocycles. The summed E-state index contributed by atoms with van der Waals surface area (Å²) in [6.07, 6.45) is 10.5. The Kier molecular flexibility index (Phi) is 7.22. The minimum Gasteiger partial charge on any atom is -0.310 e. The lowest BCUT2D eigenvalue weighted by Crippen LogP contribution is -2.40. The van der Waals surface area contributed by atoms with Crippen molar-refractivity contribution in [1.29, 1.82) is 0 Å². The molecule has 4 saturated carbocycles. The summed E-state index contributed by atoms with van der Waals surface area (Å²) < 4.78 is 0. The van der Waals surface area contributed by atoms with Gasteiger partial charge in [0, 0.05) is 22.4 Å². The number of hydrogen-bond donors (Lipinski definition) is 0. The molecule has 1 spiro atoms. The lowest BCUT2D eigenvalue weighted by atomic mass is 9.59. The summed E-state index contributed by atoms with van der Waals surface area (Å²) in [5.41, 5.74) is 19.6. The Bertz CT molecular complexity index is 2340. The molecule has 0 N–H and O–H groups in total. The molecule has 5 unspecified atom stereocenters. The van der Waals surface area contributed by atoms with Crippen LogP contribution in [0.4, 0.5) is 17.1 Å². The molecule has 56 heavy (non-hydrogen) atoms. The second-order valence-electron chi connectivity index (χ2n) is 21.9. The standard InChI is InChI=1S/C55H61N/c1-51(2)23-25-53(5,6)47-32-39(18-21-43(47)51)56(40-19-22-44-48(33-40)54(7,8)26-24-52(44,3)4)49-16-12-15-45-50(49)41-31-36(35-13-10-9-11-14-35)17-20-42(41)55(45)38-28-34-27-37(30-38)46(55)29-34/h9-22,31-34,37-38,46H,23-30H2,1-8H3. The van der Waals surface area contributed by atoms with E-state index in [4.69, 9.17) is 0 Å². The third kappa shape index (κ3) is 4.73. The third-order valence-corrected chi connectivity index (χ3v) is 17.0. The Labute approximate surface area is 337 Å². The van der Waals surface area contributed by atoms with Crippen molar-refractivity contribution in [3.8, 4) is 22.3 Å². The molecule has 1 nitrogen and oxygen atoms in total. The Balaban J connectivity index is 1.20. The topological polar surface area (TPSA) is 3.24 Å². The van der Waals surface area contributed by atoms with Gasteiger partial charge in [-0.15, -0.1) is 0 Å². The van der Waals surface area contributed by atoms with Crippen molar-refractivity contribution in [2.45, 2.75) is 134 Å². The summed E-state index contributed by atoms with van der Waals surface area (Å²) >= 11 is 0. The molecule has 0 aromatic heterocycles. The van der Waals surface area contributed by atoms with Crippen LogP contribution in [0.25, 0.3) is 22.3 Å². The SMILES string of the molecule is CC1(C)CCC(C)(C)c2cc(N(c3ccc4c(c3)C(C)(C)CCC4(C)C)c3cccc4c3-c3cc(-c5ccccc5)ccc3C43C4CC5CC(C4)C3C5)ccc21. The quantitative estimate of drug-likeness (QED) is 0.178. The average Bonchev–Trinajstić information content (AvgIpc) is 3.73. The smallest absolute Gasteiger partial charge is 0.0543 e. The molecule has 0 heterocycles. The number of rotatable bonds is 4. The zero-order chi connectivity index (χ0) is 38.6. The molecular weight excluding hydrogens is 675 g/mol. The average molecular weight is 736 g/mol. The van der Waals surface area contributed by atoms with Crippen molar-refractivity contribution in [3.63, 3.8) is 0 Å². The molecule has 0 amide bonds. The van der Waals surface area contributed by atoms with Crippen LogP contribution >= 0.6 is 0 Å². The van der Waals surface area contributed by atoms with E-state index < -0.39 is 0 Å². The van der Waals surface area contributed by atoms with E-state index in [1.54, 1.807) is 11.1 Å². The molecule has 7 aliphatic rings. The van der Waals surface area contributed by atoms with E-state index in [1.807, 2.05) is 0 Å². The second-order valence-corrected chi connectivity index (χ2v) is 21.9. The molecule has 0 aliphatic heterocycles. The van der Waals surface area contributed by atoms with Gasteiger partial charge in [-0.05, 0) is 183 Å². The van der Waals surface area contributed by atoms with Gasteiger partial charge in [0.15, 0.2) is 0 Å². The number of nitrogens with zero attached hydrogens (tertiary/aromatic N) is 1. The van der Waals surface area contributed by atoms with Gasteiger partial charge >= 0.3 is 0 Å². The van der Waals surface area contributed by atoms with Crippen LogP contribution in [0.5, 0.6) is 0 Å². The zero-order valence-corrected chi connectivity index (χ0v) is 35.2. The zero-order valence-electron chi connectivity index (χ0n) is 35.2. The fourth-order valence-electron chi connectivity index (χ4n) is 13.9. The highest BCUT2D eigenvalue weighted by atomic mass is 15.1. The fraction of sp³-hybridized carbons (Fsp3) is 0.455. The summed E-state index contributed by atoms with van der Waals surface area (Å²) in [5, 5.41) is 0. The van der Waals surface area contributed by atoms with E-state index in [1.165, 1.54) is 113 Å². The van der Waals surface area contributed by atoms with Crippen molar-refractivity contribution >= 4 is 17.1 Å². The molecule has 5 atom stereocenters. The highest BCUT2D eigenvalue weighted by Gasteiger charge is 2.66. The third-order valence-electron chi connectivity index (χ3n) is 17.0. The van der Waals surface area contributed by atoms with Crippen LogP contribution in [0.15, 0.2) is 103 Å².